The second-order valence-electron chi connectivity index (χ2n) is 8.37. The zero-order valence-electron chi connectivity index (χ0n) is 18.2. The van der Waals surface area contributed by atoms with Crippen molar-refractivity contribution in [2.45, 2.75) is 50.6 Å². The van der Waals surface area contributed by atoms with E-state index in [1.807, 2.05) is 32.0 Å². The second-order valence-corrected chi connectivity index (χ2v) is 8.37. The maximum Gasteiger partial charge on any atom is 0.326 e. The minimum absolute atomic E-state index is 0.0928. The molecule has 2 rings (SSSR count). The molecule has 8 nitrogen and oxygen atoms in total. The van der Waals surface area contributed by atoms with Crippen LogP contribution in [-0.2, 0) is 26.2 Å². The predicted octanol–water partition coefficient (Wildman–Crippen LogP) is 2.30. The highest BCUT2D eigenvalue weighted by Crippen LogP contribution is 2.27. The molecule has 0 aliphatic carbocycles. The van der Waals surface area contributed by atoms with Gasteiger partial charge in [0, 0.05) is 6.42 Å². The van der Waals surface area contributed by atoms with Crippen molar-refractivity contribution in [1.82, 2.24) is 10.6 Å². The SMILES string of the molecule is CC(C)(CCN[C@@H](CC(=O)O)C(=O)N[C@@H](Cc1ccccc1)C(=O)O)c1ccc(O)cc1. The normalized spacial score (nSPS) is 13.2. The molecule has 0 aliphatic heterocycles. The molecule has 0 aromatic heterocycles. The van der Waals surface area contributed by atoms with E-state index in [-0.39, 0.29) is 17.6 Å². The van der Waals surface area contributed by atoms with E-state index >= 15 is 0 Å². The molecule has 0 aliphatic rings. The highest BCUT2D eigenvalue weighted by Gasteiger charge is 2.28. The summed E-state index contributed by atoms with van der Waals surface area (Å²) in [6.07, 6.45) is 0.215. The van der Waals surface area contributed by atoms with Gasteiger partial charge in [-0.25, -0.2) is 4.79 Å². The summed E-state index contributed by atoms with van der Waals surface area (Å²) in [6.45, 7) is 4.36. The molecular weight excluding hydrogens is 412 g/mol. The van der Waals surface area contributed by atoms with Crippen LogP contribution < -0.4 is 10.6 Å². The summed E-state index contributed by atoms with van der Waals surface area (Å²) in [4.78, 5) is 35.6. The minimum Gasteiger partial charge on any atom is -0.508 e. The molecule has 0 unspecified atom stereocenters. The number of aliphatic carboxylic acids is 2. The second kappa shape index (κ2) is 11.3. The average Bonchev–Trinajstić information content (AvgIpc) is 2.73. The molecule has 172 valence electrons. The van der Waals surface area contributed by atoms with Crippen molar-refractivity contribution >= 4 is 17.8 Å². The third-order valence-electron chi connectivity index (χ3n) is 5.38. The first kappa shape index (κ1) is 24.9. The zero-order chi connectivity index (χ0) is 23.7. The molecule has 0 saturated carbocycles. The van der Waals surface area contributed by atoms with E-state index in [2.05, 4.69) is 10.6 Å². The largest absolute Gasteiger partial charge is 0.508 e. The maximum absolute atomic E-state index is 12.7. The average molecular weight is 443 g/mol. The first-order valence-electron chi connectivity index (χ1n) is 10.4. The Hall–Kier alpha value is -3.39. The molecule has 2 aromatic carbocycles. The third-order valence-corrected chi connectivity index (χ3v) is 5.38. The van der Waals surface area contributed by atoms with Gasteiger partial charge in [-0.05, 0) is 41.6 Å². The molecule has 0 fully saturated rings. The number of hydrogen-bond acceptors (Lipinski definition) is 5. The van der Waals surface area contributed by atoms with E-state index < -0.39 is 36.4 Å². The molecule has 0 heterocycles. The summed E-state index contributed by atoms with van der Waals surface area (Å²) in [5.74, 6) is -2.85. The number of amides is 1. The Morgan fingerprint density at radius 1 is 0.938 bits per heavy atom. The number of carbonyl (C=O) groups excluding carboxylic acids is 1. The molecule has 8 heteroatoms. The monoisotopic (exact) mass is 442 g/mol. The van der Waals surface area contributed by atoms with Gasteiger partial charge >= 0.3 is 11.9 Å². The first-order valence-corrected chi connectivity index (χ1v) is 10.4. The van der Waals surface area contributed by atoms with Gasteiger partial charge in [0.2, 0.25) is 5.91 Å². The Morgan fingerprint density at radius 3 is 2.12 bits per heavy atom. The van der Waals surface area contributed by atoms with E-state index in [0.29, 0.717) is 13.0 Å². The van der Waals surface area contributed by atoms with Gasteiger partial charge in [0.25, 0.3) is 0 Å². The van der Waals surface area contributed by atoms with Crippen LogP contribution in [0.4, 0.5) is 0 Å². The van der Waals surface area contributed by atoms with Crippen molar-refractivity contribution in [1.29, 1.82) is 0 Å². The lowest BCUT2D eigenvalue weighted by Crippen LogP contribution is -2.52. The lowest BCUT2D eigenvalue weighted by Gasteiger charge is -2.27. The van der Waals surface area contributed by atoms with Crippen molar-refractivity contribution < 1.29 is 29.7 Å². The lowest BCUT2D eigenvalue weighted by atomic mass is 9.81. The van der Waals surface area contributed by atoms with Gasteiger partial charge in [0.05, 0.1) is 12.5 Å². The van der Waals surface area contributed by atoms with Gasteiger partial charge < -0.3 is 26.0 Å². The minimum atomic E-state index is -1.19. The third kappa shape index (κ3) is 7.70. The fourth-order valence-corrected chi connectivity index (χ4v) is 3.37. The van der Waals surface area contributed by atoms with Gasteiger partial charge in [-0.1, -0.05) is 56.3 Å². The fourth-order valence-electron chi connectivity index (χ4n) is 3.37. The predicted molar refractivity (Wildman–Crippen MR) is 120 cm³/mol. The Balaban J connectivity index is 2.01. The number of carboxylic acid groups (broad SMARTS) is 2. The number of aromatic hydroxyl groups is 1. The van der Waals surface area contributed by atoms with Gasteiger partial charge in [-0.3, -0.25) is 9.59 Å². The number of phenolic OH excluding ortho intramolecular Hbond substituents is 1. The van der Waals surface area contributed by atoms with Crippen LogP contribution in [0.25, 0.3) is 0 Å². The summed E-state index contributed by atoms with van der Waals surface area (Å²) in [6, 6.07) is 13.5. The van der Waals surface area contributed by atoms with Gasteiger partial charge in [-0.15, -0.1) is 0 Å². The number of rotatable bonds is 12. The summed E-state index contributed by atoms with van der Waals surface area (Å²) < 4.78 is 0. The van der Waals surface area contributed by atoms with Crippen LogP contribution >= 0.6 is 0 Å². The lowest BCUT2D eigenvalue weighted by molar-refractivity contribution is -0.143. The highest BCUT2D eigenvalue weighted by atomic mass is 16.4. The van der Waals surface area contributed by atoms with Crippen LogP contribution in [0.5, 0.6) is 5.75 Å². The van der Waals surface area contributed by atoms with E-state index in [1.165, 1.54) is 0 Å². The van der Waals surface area contributed by atoms with Crippen molar-refractivity contribution in [3.05, 3.63) is 65.7 Å². The molecule has 2 aromatic rings. The van der Waals surface area contributed by atoms with E-state index in [9.17, 15) is 29.7 Å². The molecular formula is C24H30N2O6. The van der Waals surface area contributed by atoms with Crippen molar-refractivity contribution in [3.8, 4) is 5.75 Å². The van der Waals surface area contributed by atoms with Crippen molar-refractivity contribution in [2.24, 2.45) is 0 Å². The van der Waals surface area contributed by atoms with Crippen LogP contribution in [0, 0.1) is 0 Å². The molecule has 2 atom stereocenters. The fraction of sp³-hybridized carbons (Fsp3) is 0.375. The number of hydrogen-bond donors (Lipinski definition) is 5. The Kier molecular flexibility index (Phi) is 8.78. The van der Waals surface area contributed by atoms with Crippen molar-refractivity contribution in [3.63, 3.8) is 0 Å². The molecule has 0 spiro atoms. The molecule has 0 saturated heterocycles. The molecule has 0 radical (unpaired) electrons. The number of carbonyl (C=O) groups is 3. The smallest absolute Gasteiger partial charge is 0.326 e. The van der Waals surface area contributed by atoms with Gasteiger partial charge in [-0.2, -0.15) is 0 Å². The molecule has 5 N–H and O–H groups in total. The Labute approximate surface area is 187 Å². The first-order chi connectivity index (χ1) is 15.1. The Morgan fingerprint density at radius 2 is 1.56 bits per heavy atom. The quantitative estimate of drug-likeness (QED) is 0.340. The zero-order valence-corrected chi connectivity index (χ0v) is 18.2. The summed E-state index contributed by atoms with van der Waals surface area (Å²) in [5.41, 5.74) is 1.45. The van der Waals surface area contributed by atoms with E-state index in [1.54, 1.807) is 36.4 Å². The maximum atomic E-state index is 12.7. The van der Waals surface area contributed by atoms with Crippen LogP contribution in [-0.4, -0.2) is 51.8 Å². The van der Waals surface area contributed by atoms with Crippen molar-refractivity contribution in [2.75, 3.05) is 6.54 Å². The van der Waals surface area contributed by atoms with E-state index in [0.717, 1.165) is 11.1 Å². The Bertz CT molecular complexity index is 912. The molecule has 32 heavy (non-hydrogen) atoms. The molecule has 0 bridgehead atoms. The molecule has 1 amide bonds. The van der Waals surface area contributed by atoms with Gasteiger partial charge in [0.1, 0.15) is 11.8 Å². The van der Waals surface area contributed by atoms with Gasteiger partial charge in [0.15, 0.2) is 0 Å². The topological polar surface area (TPSA) is 136 Å². The standard InChI is InChI=1S/C24H30N2O6/c1-24(2,17-8-10-18(27)11-9-17)12-13-25-19(15-21(28)29)22(30)26-20(23(31)32)14-16-6-4-3-5-7-16/h3-11,19-20,25,27H,12-15H2,1-2H3,(H,26,30)(H,28,29)(H,31,32)/t19-,20-/m0/s1. The van der Waals surface area contributed by atoms with Crippen LogP contribution in [0.1, 0.15) is 37.8 Å². The number of phenols is 1. The van der Waals surface area contributed by atoms with E-state index in [4.69, 9.17) is 0 Å². The highest BCUT2D eigenvalue weighted by molar-refractivity contribution is 5.89. The van der Waals surface area contributed by atoms with Crippen LogP contribution in [0.15, 0.2) is 54.6 Å². The van der Waals surface area contributed by atoms with Crippen LogP contribution in [0.3, 0.4) is 0 Å². The summed E-state index contributed by atoms with van der Waals surface area (Å²) in [5, 5.41) is 33.6. The summed E-state index contributed by atoms with van der Waals surface area (Å²) in [7, 11) is 0. The number of nitrogens with one attached hydrogen (secondary N) is 2. The summed E-state index contributed by atoms with van der Waals surface area (Å²) >= 11 is 0. The number of carboxylic acids is 2. The van der Waals surface area contributed by atoms with Crippen LogP contribution in [0.2, 0.25) is 0 Å². The number of benzene rings is 2.